The number of hydrogen-bond donors (Lipinski definition) is 1. The van der Waals surface area contributed by atoms with Crippen LogP contribution < -0.4 is 5.32 Å². The summed E-state index contributed by atoms with van der Waals surface area (Å²) in [6, 6.07) is 10.6. The van der Waals surface area contributed by atoms with E-state index in [9.17, 15) is 14.4 Å². The molecular weight excluding hydrogens is 546 g/mol. The minimum atomic E-state index is -0.526. The van der Waals surface area contributed by atoms with Gasteiger partial charge in [0.05, 0.1) is 12.6 Å². The number of aryl methyl sites for hydroxylation is 2. The van der Waals surface area contributed by atoms with E-state index >= 15 is 0 Å². The molecule has 0 radical (unpaired) electrons. The second kappa shape index (κ2) is 13.3. The van der Waals surface area contributed by atoms with Gasteiger partial charge in [-0.15, -0.1) is 0 Å². The first kappa shape index (κ1) is 28.8. The van der Waals surface area contributed by atoms with Crippen LogP contribution in [0.4, 0.5) is 0 Å². The Hall–Kier alpha value is -3.73. The standard InChI is InChI=1S/C29H36ClN7O4/c1-20-31-28-23(18-21-8-3-2-4-9-21)32-29(40)24-10-5-6-15-36(24)27(39)11-7-14-35(16-17-37(28)33-20)26(38)13-12-22-19-25(30)34-41-22/h2-4,8-9,19,23-24H,5-7,10-18H2,1H3,(H,32,40)/t23-,24+/m1/s1. The van der Waals surface area contributed by atoms with Crippen molar-refractivity contribution in [3.05, 3.63) is 64.5 Å². The molecule has 2 aromatic heterocycles. The zero-order chi connectivity index (χ0) is 28.8. The number of rotatable bonds is 5. The van der Waals surface area contributed by atoms with Gasteiger partial charge in [0.2, 0.25) is 17.7 Å². The Morgan fingerprint density at radius 1 is 1.10 bits per heavy atom. The highest BCUT2D eigenvalue weighted by atomic mass is 35.5. The number of fused-ring (bicyclic) bond motifs is 2. The Morgan fingerprint density at radius 2 is 1.93 bits per heavy atom. The number of carbonyl (C=O) groups is 3. The van der Waals surface area contributed by atoms with E-state index in [1.54, 1.807) is 20.5 Å². The predicted octanol–water partition coefficient (Wildman–Crippen LogP) is 3.26. The number of hydrogen-bond acceptors (Lipinski definition) is 7. The summed E-state index contributed by atoms with van der Waals surface area (Å²) in [5.74, 6) is 1.50. The Labute approximate surface area is 244 Å². The Kier molecular flexibility index (Phi) is 9.33. The van der Waals surface area contributed by atoms with Crippen LogP contribution in [-0.2, 0) is 33.8 Å². The first-order valence-corrected chi connectivity index (χ1v) is 14.7. The molecule has 2 aliphatic heterocycles. The lowest BCUT2D eigenvalue weighted by atomic mass is 9.99. The molecule has 12 heteroatoms. The van der Waals surface area contributed by atoms with Gasteiger partial charge in [-0.05, 0) is 44.6 Å². The Bertz CT molecular complexity index is 1360. The van der Waals surface area contributed by atoms with Gasteiger partial charge in [0.15, 0.2) is 5.15 Å². The highest BCUT2D eigenvalue weighted by molar-refractivity contribution is 6.29. The molecule has 0 spiro atoms. The zero-order valence-electron chi connectivity index (χ0n) is 23.3. The first-order valence-electron chi connectivity index (χ1n) is 14.3. The molecule has 0 unspecified atom stereocenters. The Balaban J connectivity index is 1.42. The van der Waals surface area contributed by atoms with Gasteiger partial charge in [-0.25, -0.2) is 9.67 Å². The van der Waals surface area contributed by atoms with Gasteiger partial charge >= 0.3 is 0 Å². The summed E-state index contributed by atoms with van der Waals surface area (Å²) in [7, 11) is 0. The van der Waals surface area contributed by atoms with E-state index in [-0.39, 0.29) is 35.7 Å². The fourth-order valence-electron chi connectivity index (χ4n) is 5.66. The maximum absolute atomic E-state index is 13.7. The minimum Gasteiger partial charge on any atom is -0.360 e. The molecule has 218 valence electrons. The average Bonchev–Trinajstić information content (AvgIpc) is 3.57. The molecule has 3 aromatic rings. The molecule has 5 rings (SSSR count). The molecule has 0 bridgehead atoms. The van der Waals surface area contributed by atoms with Gasteiger partial charge in [0.1, 0.15) is 23.5 Å². The topological polar surface area (TPSA) is 126 Å². The highest BCUT2D eigenvalue weighted by Crippen LogP contribution is 2.23. The average molecular weight is 582 g/mol. The van der Waals surface area contributed by atoms with Crippen LogP contribution in [-0.4, -0.2) is 73.1 Å². The number of nitrogens with one attached hydrogen (secondary N) is 1. The largest absolute Gasteiger partial charge is 0.360 e. The summed E-state index contributed by atoms with van der Waals surface area (Å²) in [4.78, 5) is 48.5. The molecular formula is C29H36ClN7O4. The van der Waals surface area contributed by atoms with Gasteiger partial charge < -0.3 is 19.6 Å². The molecule has 2 atom stereocenters. The number of nitrogens with zero attached hydrogens (tertiary/aromatic N) is 6. The van der Waals surface area contributed by atoms with Gasteiger partial charge in [0.25, 0.3) is 0 Å². The van der Waals surface area contributed by atoms with E-state index in [4.69, 9.17) is 21.1 Å². The molecule has 0 saturated carbocycles. The molecule has 4 heterocycles. The predicted molar refractivity (Wildman–Crippen MR) is 151 cm³/mol. The fourth-order valence-corrected chi connectivity index (χ4v) is 5.81. The van der Waals surface area contributed by atoms with Gasteiger partial charge in [-0.1, -0.05) is 47.1 Å². The van der Waals surface area contributed by atoms with Gasteiger partial charge in [-0.3, -0.25) is 14.4 Å². The quantitative estimate of drug-likeness (QED) is 0.490. The zero-order valence-corrected chi connectivity index (χ0v) is 24.1. The summed E-state index contributed by atoms with van der Waals surface area (Å²) in [6.45, 7) is 3.59. The summed E-state index contributed by atoms with van der Waals surface area (Å²) in [6.07, 6.45) is 4.28. The number of benzene rings is 1. The Morgan fingerprint density at radius 3 is 2.71 bits per heavy atom. The SMILES string of the molecule is Cc1nc2n(n1)CCN(C(=O)CCc1cc(Cl)no1)CCCC(=O)N1CCCC[C@H]1C(=O)N[C@@H]2Cc1ccccc1. The van der Waals surface area contributed by atoms with Crippen LogP contribution in [0.2, 0.25) is 5.15 Å². The van der Waals surface area contributed by atoms with Crippen molar-refractivity contribution in [2.45, 2.75) is 76.9 Å². The van der Waals surface area contributed by atoms with Gasteiger partial charge in [-0.2, -0.15) is 5.10 Å². The minimum absolute atomic E-state index is 0.0516. The third-order valence-corrected chi connectivity index (χ3v) is 7.89. The third-order valence-electron chi connectivity index (χ3n) is 7.71. The normalized spacial score (nSPS) is 20.6. The molecule has 1 aromatic carbocycles. The number of carbonyl (C=O) groups excluding carboxylic acids is 3. The summed E-state index contributed by atoms with van der Waals surface area (Å²) < 4.78 is 6.96. The van der Waals surface area contributed by atoms with Crippen molar-refractivity contribution in [1.29, 1.82) is 0 Å². The van der Waals surface area contributed by atoms with E-state index in [1.165, 1.54) is 0 Å². The second-order valence-electron chi connectivity index (χ2n) is 10.7. The molecule has 0 aliphatic carbocycles. The second-order valence-corrected chi connectivity index (χ2v) is 11.1. The first-order chi connectivity index (χ1) is 19.9. The van der Waals surface area contributed by atoms with Crippen molar-refractivity contribution in [3.63, 3.8) is 0 Å². The lowest BCUT2D eigenvalue weighted by Crippen LogP contribution is -2.53. The molecule has 3 amide bonds. The lowest BCUT2D eigenvalue weighted by molar-refractivity contribution is -0.143. The van der Waals surface area contributed by atoms with E-state index < -0.39 is 12.1 Å². The van der Waals surface area contributed by atoms with Crippen molar-refractivity contribution in [2.24, 2.45) is 0 Å². The number of amides is 3. The molecule has 2 aliphatic rings. The van der Waals surface area contributed by atoms with Crippen LogP contribution >= 0.6 is 11.6 Å². The maximum Gasteiger partial charge on any atom is 0.243 e. The highest BCUT2D eigenvalue weighted by Gasteiger charge is 2.34. The summed E-state index contributed by atoms with van der Waals surface area (Å²) in [5.41, 5.74) is 1.05. The van der Waals surface area contributed by atoms with Crippen molar-refractivity contribution in [3.8, 4) is 0 Å². The van der Waals surface area contributed by atoms with Crippen LogP contribution in [0.3, 0.4) is 0 Å². The van der Waals surface area contributed by atoms with E-state index in [1.807, 2.05) is 37.3 Å². The summed E-state index contributed by atoms with van der Waals surface area (Å²) in [5, 5.41) is 11.8. The van der Waals surface area contributed by atoms with Crippen LogP contribution in [0.5, 0.6) is 0 Å². The van der Waals surface area contributed by atoms with Crippen LogP contribution in [0.15, 0.2) is 40.9 Å². The summed E-state index contributed by atoms with van der Waals surface area (Å²) >= 11 is 5.86. The van der Waals surface area contributed by atoms with Crippen LogP contribution in [0.25, 0.3) is 0 Å². The monoisotopic (exact) mass is 581 g/mol. The van der Waals surface area contributed by atoms with Crippen molar-refractivity contribution in [2.75, 3.05) is 19.6 Å². The molecule has 11 nitrogen and oxygen atoms in total. The van der Waals surface area contributed by atoms with Crippen LogP contribution in [0, 0.1) is 6.92 Å². The smallest absolute Gasteiger partial charge is 0.243 e. The van der Waals surface area contributed by atoms with E-state index in [0.29, 0.717) is 69.3 Å². The van der Waals surface area contributed by atoms with Gasteiger partial charge in [0, 0.05) is 45.0 Å². The van der Waals surface area contributed by atoms with Crippen molar-refractivity contribution >= 4 is 29.3 Å². The van der Waals surface area contributed by atoms with Crippen LogP contribution in [0.1, 0.15) is 67.5 Å². The van der Waals surface area contributed by atoms with Crippen molar-refractivity contribution < 1.29 is 18.9 Å². The maximum atomic E-state index is 13.7. The van der Waals surface area contributed by atoms with Crippen molar-refractivity contribution in [1.82, 2.24) is 35.0 Å². The molecule has 41 heavy (non-hydrogen) atoms. The lowest BCUT2D eigenvalue weighted by Gasteiger charge is -2.36. The third kappa shape index (κ3) is 7.32. The fraction of sp³-hybridized carbons (Fsp3) is 0.517. The number of piperidine rings is 1. The molecule has 1 saturated heterocycles. The molecule has 1 fully saturated rings. The van der Waals surface area contributed by atoms with E-state index in [0.717, 1.165) is 18.4 Å². The van der Waals surface area contributed by atoms with E-state index in [2.05, 4.69) is 15.6 Å². The molecule has 1 N–H and O–H groups in total. The number of aromatic nitrogens is 4. The number of halogens is 1.